The number of carbonyl (C=O) groups is 1. The fourth-order valence-corrected chi connectivity index (χ4v) is 1.11. The van der Waals surface area contributed by atoms with Gasteiger partial charge in [-0.05, 0) is 12.1 Å². The summed E-state index contributed by atoms with van der Waals surface area (Å²) < 4.78 is 14.5. The van der Waals surface area contributed by atoms with Crippen LogP contribution in [0.25, 0.3) is 0 Å². The molecule has 84 valence electrons. The molecular formula is C9H12O6. The van der Waals surface area contributed by atoms with Gasteiger partial charge in [-0.2, -0.15) is 0 Å². The van der Waals surface area contributed by atoms with Crippen molar-refractivity contribution in [2.75, 3.05) is 14.2 Å². The van der Waals surface area contributed by atoms with Crippen molar-refractivity contribution in [1.82, 2.24) is 0 Å². The van der Waals surface area contributed by atoms with Gasteiger partial charge in [-0.15, -0.1) is 0 Å². The zero-order valence-corrected chi connectivity index (χ0v) is 8.34. The van der Waals surface area contributed by atoms with Gasteiger partial charge in [0.2, 0.25) is 5.76 Å². The minimum Gasteiger partial charge on any atom is -0.475 e. The van der Waals surface area contributed by atoms with E-state index >= 15 is 0 Å². The van der Waals surface area contributed by atoms with E-state index in [1.807, 2.05) is 0 Å². The molecule has 0 aliphatic heterocycles. The molecule has 0 amide bonds. The van der Waals surface area contributed by atoms with Crippen molar-refractivity contribution in [3.8, 4) is 0 Å². The van der Waals surface area contributed by atoms with Crippen molar-refractivity contribution in [3.05, 3.63) is 23.7 Å². The summed E-state index contributed by atoms with van der Waals surface area (Å²) in [5.41, 5.74) is 0. The number of ether oxygens (including phenoxy) is 2. The first kappa shape index (κ1) is 11.7. The van der Waals surface area contributed by atoms with E-state index < -0.39 is 18.4 Å². The molecule has 1 unspecified atom stereocenters. The summed E-state index contributed by atoms with van der Waals surface area (Å²) in [6, 6.07) is 2.61. The summed E-state index contributed by atoms with van der Waals surface area (Å²) >= 11 is 0. The van der Waals surface area contributed by atoms with E-state index in [0.29, 0.717) is 0 Å². The highest BCUT2D eigenvalue weighted by Crippen LogP contribution is 2.21. The first-order valence-electron chi connectivity index (χ1n) is 4.16. The van der Waals surface area contributed by atoms with E-state index in [2.05, 4.69) is 0 Å². The van der Waals surface area contributed by atoms with Gasteiger partial charge < -0.3 is 24.1 Å². The van der Waals surface area contributed by atoms with E-state index in [4.69, 9.17) is 19.0 Å². The van der Waals surface area contributed by atoms with Crippen LogP contribution in [0.3, 0.4) is 0 Å². The summed E-state index contributed by atoms with van der Waals surface area (Å²) in [6.45, 7) is 0. The van der Waals surface area contributed by atoms with Crippen LogP contribution < -0.4 is 0 Å². The third kappa shape index (κ3) is 2.56. The SMILES string of the molecule is COC(OC)C(O)c1ccc(C(=O)O)o1. The lowest BCUT2D eigenvalue weighted by Crippen LogP contribution is -2.22. The number of carboxylic acids is 1. The van der Waals surface area contributed by atoms with Gasteiger partial charge in [-0.25, -0.2) is 4.79 Å². The largest absolute Gasteiger partial charge is 0.475 e. The van der Waals surface area contributed by atoms with Crippen molar-refractivity contribution in [1.29, 1.82) is 0 Å². The molecule has 6 nitrogen and oxygen atoms in total. The molecule has 2 N–H and O–H groups in total. The van der Waals surface area contributed by atoms with Crippen LogP contribution in [-0.4, -0.2) is 36.7 Å². The van der Waals surface area contributed by atoms with Gasteiger partial charge in [0.25, 0.3) is 0 Å². The van der Waals surface area contributed by atoms with Gasteiger partial charge in [-0.1, -0.05) is 0 Å². The zero-order valence-electron chi connectivity index (χ0n) is 8.34. The minimum absolute atomic E-state index is 0.0844. The topological polar surface area (TPSA) is 89.1 Å². The molecule has 0 saturated carbocycles. The van der Waals surface area contributed by atoms with E-state index in [9.17, 15) is 9.90 Å². The lowest BCUT2D eigenvalue weighted by molar-refractivity contribution is -0.170. The predicted molar refractivity (Wildman–Crippen MR) is 48.4 cm³/mol. The van der Waals surface area contributed by atoms with E-state index in [1.54, 1.807) is 0 Å². The molecule has 1 aromatic rings. The molecule has 15 heavy (non-hydrogen) atoms. The molecule has 0 aliphatic rings. The van der Waals surface area contributed by atoms with Crippen molar-refractivity contribution < 1.29 is 28.9 Å². The van der Waals surface area contributed by atoms with Crippen molar-refractivity contribution in [3.63, 3.8) is 0 Å². The normalized spacial score (nSPS) is 13.1. The van der Waals surface area contributed by atoms with Gasteiger partial charge in [0.15, 0.2) is 12.4 Å². The first-order valence-corrected chi connectivity index (χ1v) is 4.16. The number of aliphatic hydroxyl groups excluding tert-OH is 1. The molecular weight excluding hydrogens is 204 g/mol. The Morgan fingerprint density at radius 2 is 2.00 bits per heavy atom. The Labute approximate surface area is 86.0 Å². The second-order valence-electron chi connectivity index (χ2n) is 2.79. The Hall–Kier alpha value is -1.37. The van der Waals surface area contributed by atoms with Gasteiger partial charge in [0.1, 0.15) is 5.76 Å². The first-order chi connectivity index (χ1) is 7.10. The van der Waals surface area contributed by atoms with Gasteiger partial charge >= 0.3 is 5.97 Å². The molecule has 0 fully saturated rings. The zero-order chi connectivity index (χ0) is 11.4. The number of aliphatic hydroxyl groups is 1. The monoisotopic (exact) mass is 216 g/mol. The van der Waals surface area contributed by atoms with E-state index in [0.717, 1.165) is 0 Å². The van der Waals surface area contributed by atoms with Crippen LogP contribution in [0, 0.1) is 0 Å². The lowest BCUT2D eigenvalue weighted by atomic mass is 10.2. The fourth-order valence-electron chi connectivity index (χ4n) is 1.11. The van der Waals surface area contributed by atoms with Crippen molar-refractivity contribution in [2.45, 2.75) is 12.4 Å². The Morgan fingerprint density at radius 1 is 1.40 bits per heavy atom. The molecule has 1 rings (SSSR count). The third-order valence-electron chi connectivity index (χ3n) is 1.85. The molecule has 1 aromatic heterocycles. The average Bonchev–Trinajstić information content (AvgIpc) is 2.68. The Kier molecular flexibility index (Phi) is 3.84. The molecule has 0 radical (unpaired) electrons. The van der Waals surface area contributed by atoms with Gasteiger partial charge in [-0.3, -0.25) is 0 Å². The fraction of sp³-hybridized carbons (Fsp3) is 0.444. The maximum atomic E-state index is 10.5. The highest BCUT2D eigenvalue weighted by molar-refractivity contribution is 5.84. The van der Waals surface area contributed by atoms with Gasteiger partial charge in [0.05, 0.1) is 0 Å². The highest BCUT2D eigenvalue weighted by Gasteiger charge is 2.24. The second kappa shape index (κ2) is 4.92. The second-order valence-corrected chi connectivity index (χ2v) is 2.79. The van der Waals surface area contributed by atoms with Gasteiger partial charge in [0, 0.05) is 14.2 Å². The molecule has 0 aromatic carbocycles. The maximum Gasteiger partial charge on any atom is 0.371 e. The Bertz CT molecular complexity index is 327. The maximum absolute atomic E-state index is 10.5. The molecule has 0 aliphatic carbocycles. The van der Waals surface area contributed by atoms with Crippen LogP contribution in [0.4, 0.5) is 0 Å². The Morgan fingerprint density at radius 3 is 2.40 bits per heavy atom. The quantitative estimate of drug-likeness (QED) is 0.702. The molecule has 0 spiro atoms. The number of rotatable bonds is 5. The molecule has 0 saturated heterocycles. The molecule has 1 atom stereocenters. The number of methoxy groups -OCH3 is 2. The van der Waals surface area contributed by atoms with Crippen LogP contribution in [-0.2, 0) is 9.47 Å². The number of aromatic carboxylic acids is 1. The summed E-state index contributed by atoms with van der Waals surface area (Å²) in [5.74, 6) is -1.35. The molecule has 6 heteroatoms. The number of hydrogen-bond donors (Lipinski definition) is 2. The van der Waals surface area contributed by atoms with Crippen molar-refractivity contribution in [2.24, 2.45) is 0 Å². The number of furan rings is 1. The Balaban J connectivity index is 2.81. The smallest absolute Gasteiger partial charge is 0.371 e. The summed E-state index contributed by atoms with van der Waals surface area (Å²) in [6.07, 6.45) is -2.05. The van der Waals surface area contributed by atoms with Crippen LogP contribution in [0.1, 0.15) is 22.4 Å². The minimum atomic E-state index is -1.19. The van der Waals surface area contributed by atoms with Crippen LogP contribution in [0.2, 0.25) is 0 Å². The third-order valence-corrected chi connectivity index (χ3v) is 1.85. The van der Waals surface area contributed by atoms with E-state index in [-0.39, 0.29) is 11.5 Å². The summed E-state index contributed by atoms with van der Waals surface area (Å²) in [4.78, 5) is 10.5. The molecule has 1 heterocycles. The standard InChI is InChI=1S/C9H12O6/c1-13-9(14-2)7(10)5-3-4-6(15-5)8(11)12/h3-4,7,9-10H,1-2H3,(H,11,12). The highest BCUT2D eigenvalue weighted by atomic mass is 16.7. The summed E-state index contributed by atoms with van der Waals surface area (Å²) in [5, 5.41) is 18.2. The van der Waals surface area contributed by atoms with Crippen LogP contribution in [0.15, 0.2) is 16.5 Å². The van der Waals surface area contributed by atoms with E-state index in [1.165, 1.54) is 26.4 Å². The summed E-state index contributed by atoms with van der Waals surface area (Å²) in [7, 11) is 2.72. The van der Waals surface area contributed by atoms with Crippen LogP contribution >= 0.6 is 0 Å². The van der Waals surface area contributed by atoms with Crippen LogP contribution in [0.5, 0.6) is 0 Å². The average molecular weight is 216 g/mol. The number of hydrogen-bond acceptors (Lipinski definition) is 5. The van der Waals surface area contributed by atoms with Crippen molar-refractivity contribution >= 4 is 5.97 Å². The molecule has 0 bridgehead atoms. The lowest BCUT2D eigenvalue weighted by Gasteiger charge is -2.17. The predicted octanol–water partition coefficient (Wildman–Crippen LogP) is 0.630. The number of carboxylic acid groups (broad SMARTS) is 1.